The van der Waals surface area contributed by atoms with Crippen LogP contribution < -0.4 is 0 Å². The van der Waals surface area contributed by atoms with Crippen molar-refractivity contribution in [3.8, 4) is 0 Å². The molecule has 0 heterocycles. The summed E-state index contributed by atoms with van der Waals surface area (Å²) in [7, 11) is 0. The van der Waals surface area contributed by atoms with E-state index in [-0.39, 0.29) is 0 Å². The van der Waals surface area contributed by atoms with Gasteiger partial charge in [0.2, 0.25) is 0 Å². The van der Waals surface area contributed by atoms with Crippen molar-refractivity contribution < 1.29 is 48.5 Å². The second kappa shape index (κ2) is 31.6. The molecule has 0 aromatic rings. The van der Waals surface area contributed by atoms with E-state index in [2.05, 4.69) is 11.7 Å². The zero-order chi connectivity index (χ0) is 26.5. The fourth-order valence-corrected chi connectivity index (χ4v) is 1.94. The molecule has 0 aliphatic heterocycles. The summed E-state index contributed by atoms with van der Waals surface area (Å²) < 4.78 is 4.47. The first-order valence-electron chi connectivity index (χ1n) is 12.1. The van der Waals surface area contributed by atoms with Crippen LogP contribution in [0.4, 0.5) is 0 Å². The maximum absolute atomic E-state index is 10.9. The molecule has 34 heavy (non-hydrogen) atoms. The number of nitrogens with zero attached hydrogens (tertiary/aromatic N) is 2. The number of unbranched alkanes of at least 4 members (excludes halogenated alkanes) is 4. The zero-order valence-corrected chi connectivity index (χ0v) is 22.2. The third-order valence-corrected chi connectivity index (χ3v) is 3.25. The number of aliphatic carboxylic acids is 1. The van der Waals surface area contributed by atoms with Crippen LogP contribution in [-0.4, -0.2) is 74.1 Å². The smallest absolute Gasteiger partial charge is 0.341 e. The molecule has 12 nitrogen and oxygen atoms in total. The van der Waals surface area contributed by atoms with Gasteiger partial charge >= 0.3 is 11.9 Å². The van der Waals surface area contributed by atoms with Crippen molar-refractivity contribution in [2.24, 2.45) is 0 Å². The van der Waals surface area contributed by atoms with Crippen LogP contribution in [0.3, 0.4) is 0 Å². The summed E-state index contributed by atoms with van der Waals surface area (Å²) >= 11 is 0. The van der Waals surface area contributed by atoms with Gasteiger partial charge in [0.15, 0.2) is 6.61 Å². The number of carbonyl (C=O) groups is 2. The number of carboxylic acid groups (broad SMARTS) is 1. The van der Waals surface area contributed by atoms with Crippen LogP contribution in [0.2, 0.25) is 0 Å². The SMILES string of the molecule is CCCCCCCC(=O)OCC(=O)O.CCON(OCC)OCC.CCON(OCC)OCC. The van der Waals surface area contributed by atoms with Crippen molar-refractivity contribution >= 4 is 11.9 Å². The topological polar surface area (TPSA) is 125 Å². The molecule has 0 rings (SSSR count). The molecule has 0 saturated heterocycles. The number of hydrogen-bond acceptors (Lipinski definition) is 11. The number of ether oxygens (including phenoxy) is 1. The highest BCUT2D eigenvalue weighted by Crippen LogP contribution is 2.05. The molecule has 0 aromatic heterocycles. The summed E-state index contributed by atoms with van der Waals surface area (Å²) in [4.78, 5) is 50.4. The Morgan fingerprint density at radius 3 is 1.24 bits per heavy atom. The lowest BCUT2D eigenvalue weighted by atomic mass is 10.1. The highest BCUT2D eigenvalue weighted by atomic mass is 17.2. The van der Waals surface area contributed by atoms with E-state index in [1.54, 1.807) is 0 Å². The van der Waals surface area contributed by atoms with Crippen LogP contribution in [0.5, 0.6) is 0 Å². The van der Waals surface area contributed by atoms with Gasteiger partial charge in [-0.2, -0.15) is 0 Å². The molecular formula is C22H48N2O10. The standard InChI is InChI=1S/C10H18O4.2C6H15NO3/c1-2-3-4-5-6-7-10(13)14-8-9(11)12;2*1-4-8-7(9-5-2)10-6-3/h2-8H2,1H3,(H,11,12);2*4-6H2,1-3H3. The normalized spacial score (nSPS) is 10.4. The zero-order valence-electron chi connectivity index (χ0n) is 22.2. The van der Waals surface area contributed by atoms with E-state index in [4.69, 9.17) is 34.1 Å². The van der Waals surface area contributed by atoms with Crippen LogP contribution in [0.15, 0.2) is 0 Å². The summed E-state index contributed by atoms with van der Waals surface area (Å²) in [5.74, 6) is -1.52. The third-order valence-electron chi connectivity index (χ3n) is 3.25. The Labute approximate surface area is 205 Å². The molecule has 206 valence electrons. The largest absolute Gasteiger partial charge is 0.479 e. The van der Waals surface area contributed by atoms with Gasteiger partial charge in [-0.25, -0.2) is 4.79 Å². The molecule has 0 saturated carbocycles. The number of hydrogen-bond donors (Lipinski definition) is 1. The average molecular weight is 501 g/mol. The van der Waals surface area contributed by atoms with E-state index >= 15 is 0 Å². The van der Waals surface area contributed by atoms with E-state index in [0.29, 0.717) is 46.1 Å². The maximum atomic E-state index is 10.9. The van der Waals surface area contributed by atoms with Crippen molar-refractivity contribution in [1.29, 1.82) is 0 Å². The Balaban J connectivity index is -0.000000434. The van der Waals surface area contributed by atoms with Crippen LogP contribution in [-0.2, 0) is 43.4 Å². The van der Waals surface area contributed by atoms with E-state index in [1.165, 1.54) is 12.8 Å². The molecule has 0 radical (unpaired) electrons. The van der Waals surface area contributed by atoms with Gasteiger partial charge in [-0.15, -0.1) is 0 Å². The Morgan fingerprint density at radius 1 is 0.588 bits per heavy atom. The minimum atomic E-state index is -1.11. The minimum Gasteiger partial charge on any atom is -0.479 e. The Bertz CT molecular complexity index is 384. The molecule has 0 aromatic carbocycles. The van der Waals surface area contributed by atoms with Crippen LogP contribution in [0.1, 0.15) is 87.0 Å². The van der Waals surface area contributed by atoms with Crippen molar-refractivity contribution in [3.05, 3.63) is 0 Å². The lowest BCUT2D eigenvalue weighted by molar-refractivity contribution is -0.523. The second-order valence-electron chi connectivity index (χ2n) is 6.17. The second-order valence-corrected chi connectivity index (χ2v) is 6.17. The van der Waals surface area contributed by atoms with Gasteiger partial charge in [0.05, 0.1) is 50.4 Å². The Hall–Kier alpha value is -1.38. The number of esters is 1. The van der Waals surface area contributed by atoms with E-state index in [1.807, 2.05) is 41.5 Å². The fourth-order valence-electron chi connectivity index (χ4n) is 1.94. The average Bonchev–Trinajstić information content (AvgIpc) is 2.79. The van der Waals surface area contributed by atoms with E-state index < -0.39 is 18.5 Å². The highest BCUT2D eigenvalue weighted by molar-refractivity contribution is 5.75. The first kappa shape index (κ1) is 37.2. The first-order valence-corrected chi connectivity index (χ1v) is 12.1. The van der Waals surface area contributed by atoms with Crippen LogP contribution >= 0.6 is 0 Å². The summed E-state index contributed by atoms with van der Waals surface area (Å²) in [6.07, 6.45) is 5.61. The van der Waals surface area contributed by atoms with Gasteiger partial charge in [0.1, 0.15) is 0 Å². The molecule has 0 aliphatic carbocycles. The van der Waals surface area contributed by atoms with Gasteiger partial charge < -0.3 is 9.84 Å². The summed E-state index contributed by atoms with van der Waals surface area (Å²) in [5, 5.41) is 10.3. The summed E-state index contributed by atoms with van der Waals surface area (Å²) in [5.41, 5.74) is 0. The molecule has 0 aliphatic rings. The van der Waals surface area contributed by atoms with Crippen molar-refractivity contribution in [2.75, 3.05) is 46.2 Å². The highest BCUT2D eigenvalue weighted by Gasteiger charge is 2.05. The Morgan fingerprint density at radius 2 is 0.941 bits per heavy atom. The third kappa shape index (κ3) is 32.8. The molecule has 0 bridgehead atoms. The molecule has 0 spiro atoms. The van der Waals surface area contributed by atoms with E-state index in [0.717, 1.165) is 30.0 Å². The monoisotopic (exact) mass is 500 g/mol. The van der Waals surface area contributed by atoms with Crippen molar-refractivity contribution in [2.45, 2.75) is 87.0 Å². The minimum absolute atomic E-state index is 0.330. The number of rotatable bonds is 20. The lowest BCUT2D eigenvalue weighted by Gasteiger charge is -2.16. The van der Waals surface area contributed by atoms with Crippen molar-refractivity contribution in [1.82, 2.24) is 10.8 Å². The lowest BCUT2D eigenvalue weighted by Crippen LogP contribution is -2.24. The van der Waals surface area contributed by atoms with Crippen LogP contribution in [0.25, 0.3) is 0 Å². The van der Waals surface area contributed by atoms with Gasteiger partial charge in [-0.05, 0) is 48.0 Å². The predicted molar refractivity (Wildman–Crippen MR) is 125 cm³/mol. The maximum Gasteiger partial charge on any atom is 0.341 e. The molecule has 0 atom stereocenters. The Kier molecular flexibility index (Phi) is 34.6. The van der Waals surface area contributed by atoms with Gasteiger partial charge in [0, 0.05) is 6.42 Å². The number of carbonyl (C=O) groups excluding carboxylic acids is 1. The molecule has 12 heteroatoms. The first-order chi connectivity index (χ1) is 16.4. The van der Waals surface area contributed by atoms with Gasteiger partial charge in [-0.3, -0.25) is 33.8 Å². The van der Waals surface area contributed by atoms with Crippen molar-refractivity contribution in [3.63, 3.8) is 0 Å². The van der Waals surface area contributed by atoms with Crippen LogP contribution in [0, 0.1) is 0 Å². The summed E-state index contributed by atoms with van der Waals surface area (Å²) in [6.45, 7) is 16.1. The molecule has 0 fully saturated rings. The fraction of sp³-hybridized carbons (Fsp3) is 0.909. The molecule has 0 unspecified atom stereocenters. The predicted octanol–water partition coefficient (Wildman–Crippen LogP) is 4.26. The summed E-state index contributed by atoms with van der Waals surface area (Å²) in [6, 6.07) is 0. The van der Waals surface area contributed by atoms with E-state index in [9.17, 15) is 9.59 Å². The molecule has 0 amide bonds. The molecular weight excluding hydrogens is 452 g/mol. The quantitative estimate of drug-likeness (QED) is 0.146. The number of carboxylic acids is 1. The van der Waals surface area contributed by atoms with Gasteiger partial charge in [0.25, 0.3) is 0 Å². The van der Waals surface area contributed by atoms with Gasteiger partial charge in [-0.1, -0.05) is 32.6 Å². The molecule has 1 N–H and O–H groups in total.